The third kappa shape index (κ3) is 3.92. The zero-order valence-corrected chi connectivity index (χ0v) is 5.75. The van der Waals surface area contributed by atoms with Gasteiger partial charge in [-0.25, -0.2) is 9.59 Å². The van der Waals surface area contributed by atoms with Gasteiger partial charge in [-0.3, -0.25) is 4.89 Å². The zero-order chi connectivity index (χ0) is 7.28. The summed E-state index contributed by atoms with van der Waals surface area (Å²) < 4.78 is 0. The van der Waals surface area contributed by atoms with Crippen molar-refractivity contribution >= 4 is 27.9 Å². The second-order valence-electron chi connectivity index (χ2n) is 0.903. The molecule has 0 radical (unpaired) electrons. The fraction of sp³-hybridized carbons (Fsp3) is 0.333. The van der Waals surface area contributed by atoms with Gasteiger partial charge in [0.05, 0.1) is 0 Å². The van der Waals surface area contributed by atoms with Gasteiger partial charge in [0.25, 0.3) is 0 Å². The predicted octanol–water partition coefficient (Wildman–Crippen LogP) is -0.102. The normalized spacial score (nSPS) is 8.56. The molecule has 0 unspecified atom stereocenters. The van der Waals surface area contributed by atoms with Gasteiger partial charge in [-0.05, 0) is 0 Å². The molecule has 0 spiro atoms. The number of alkyl halides is 1. The van der Waals surface area contributed by atoms with Gasteiger partial charge in [0.15, 0.2) is 0 Å². The molecule has 0 saturated carbocycles. The first-order valence-electron chi connectivity index (χ1n) is 1.81. The number of carboxylic acids is 1. The smallest absolute Gasteiger partial charge is 0.449 e. The minimum Gasteiger partial charge on any atom is -0.473 e. The molecule has 0 heterocycles. The van der Waals surface area contributed by atoms with Crippen molar-refractivity contribution in [3.63, 3.8) is 0 Å². The molecule has 0 aromatic heterocycles. The van der Waals surface area contributed by atoms with Crippen LogP contribution in [0.2, 0.25) is 0 Å². The van der Waals surface area contributed by atoms with Crippen LogP contribution in [-0.2, 0) is 19.4 Å². The highest BCUT2D eigenvalue weighted by Crippen LogP contribution is 1.85. The van der Waals surface area contributed by atoms with Crippen molar-refractivity contribution in [2.24, 2.45) is 0 Å². The molecule has 0 saturated heterocycles. The average molecular weight is 199 g/mol. The molecular formula is C3H3BrO5. The number of carbonyl (C=O) groups excluding carboxylic acids is 1. The predicted molar refractivity (Wildman–Crippen MR) is 28.6 cm³/mol. The number of rotatable bonds is 2. The first-order valence-corrected chi connectivity index (χ1v) is 2.93. The summed E-state index contributed by atoms with van der Waals surface area (Å²) in [6.07, 6.45) is 0. The first kappa shape index (κ1) is 8.38. The van der Waals surface area contributed by atoms with Crippen LogP contribution in [0.3, 0.4) is 0 Å². The van der Waals surface area contributed by atoms with Crippen molar-refractivity contribution in [1.82, 2.24) is 0 Å². The minimum atomic E-state index is -1.68. The molecule has 5 nitrogen and oxygen atoms in total. The lowest BCUT2D eigenvalue weighted by Gasteiger charge is -1.93. The molecule has 0 bridgehead atoms. The highest BCUT2D eigenvalue weighted by atomic mass is 79.9. The van der Waals surface area contributed by atoms with E-state index in [0.717, 1.165) is 0 Å². The van der Waals surface area contributed by atoms with Crippen LogP contribution in [0.5, 0.6) is 0 Å². The van der Waals surface area contributed by atoms with Crippen LogP contribution in [0.1, 0.15) is 0 Å². The Morgan fingerprint density at radius 3 is 2.44 bits per heavy atom. The summed E-state index contributed by atoms with van der Waals surface area (Å²) in [5.41, 5.74) is -0.0496. The standard InChI is InChI=1S/C3H3BrO5/c4-1-8-9-3(7)2(5)6/h1H2,(H,5,6). The summed E-state index contributed by atoms with van der Waals surface area (Å²) in [5, 5.41) is 7.84. The number of hydrogen-bond acceptors (Lipinski definition) is 4. The second-order valence-corrected chi connectivity index (χ2v) is 1.36. The van der Waals surface area contributed by atoms with Crippen LogP contribution >= 0.6 is 15.9 Å². The summed E-state index contributed by atoms with van der Waals surface area (Å²) in [6.45, 7) is 0. The molecule has 0 atom stereocenters. The SMILES string of the molecule is O=C(O)C(=O)OOCBr. The number of carbonyl (C=O) groups is 2. The van der Waals surface area contributed by atoms with E-state index >= 15 is 0 Å². The summed E-state index contributed by atoms with van der Waals surface area (Å²) >= 11 is 2.73. The van der Waals surface area contributed by atoms with Gasteiger partial charge in [-0.15, -0.1) is 0 Å². The number of halogens is 1. The van der Waals surface area contributed by atoms with Crippen molar-refractivity contribution in [3.05, 3.63) is 0 Å². The molecule has 6 heteroatoms. The highest BCUT2D eigenvalue weighted by molar-refractivity contribution is 9.09. The van der Waals surface area contributed by atoms with E-state index in [4.69, 9.17) is 5.11 Å². The number of aliphatic carboxylic acids is 1. The van der Waals surface area contributed by atoms with Crippen LogP contribution < -0.4 is 0 Å². The van der Waals surface area contributed by atoms with Crippen LogP contribution in [0, 0.1) is 0 Å². The third-order valence-electron chi connectivity index (χ3n) is 0.354. The molecule has 0 aliphatic heterocycles. The third-order valence-corrected chi connectivity index (χ3v) is 0.541. The van der Waals surface area contributed by atoms with Gasteiger partial charge in [0.1, 0.15) is 5.52 Å². The maximum absolute atomic E-state index is 9.93. The number of hydrogen-bond donors (Lipinski definition) is 1. The second kappa shape index (κ2) is 4.28. The largest absolute Gasteiger partial charge is 0.473 e. The number of carboxylic acid groups (broad SMARTS) is 1. The molecule has 0 aliphatic carbocycles. The minimum absolute atomic E-state index is 0.0496. The van der Waals surface area contributed by atoms with Gasteiger partial charge in [-0.1, -0.05) is 15.9 Å². The van der Waals surface area contributed by atoms with Gasteiger partial charge in [0.2, 0.25) is 0 Å². The van der Waals surface area contributed by atoms with Crippen molar-refractivity contribution in [1.29, 1.82) is 0 Å². The summed E-state index contributed by atoms with van der Waals surface area (Å²) in [6, 6.07) is 0. The van der Waals surface area contributed by atoms with E-state index in [9.17, 15) is 9.59 Å². The fourth-order valence-electron chi connectivity index (χ4n) is 0.111. The van der Waals surface area contributed by atoms with E-state index < -0.39 is 11.9 Å². The summed E-state index contributed by atoms with van der Waals surface area (Å²) in [7, 11) is 0. The van der Waals surface area contributed by atoms with E-state index in [1.54, 1.807) is 0 Å². The van der Waals surface area contributed by atoms with E-state index in [2.05, 4.69) is 25.7 Å². The molecular weight excluding hydrogens is 196 g/mol. The van der Waals surface area contributed by atoms with Crippen molar-refractivity contribution < 1.29 is 24.5 Å². The van der Waals surface area contributed by atoms with Gasteiger partial charge < -0.3 is 5.11 Å². The van der Waals surface area contributed by atoms with Crippen molar-refractivity contribution in [3.8, 4) is 0 Å². The van der Waals surface area contributed by atoms with Crippen LogP contribution in [0.15, 0.2) is 0 Å². The summed E-state index contributed by atoms with van der Waals surface area (Å²) in [4.78, 5) is 27.2. The summed E-state index contributed by atoms with van der Waals surface area (Å²) in [5.74, 6) is -3.12. The van der Waals surface area contributed by atoms with Crippen molar-refractivity contribution in [2.75, 3.05) is 5.52 Å². The molecule has 9 heavy (non-hydrogen) atoms. The molecule has 0 aromatic rings. The van der Waals surface area contributed by atoms with Crippen LogP contribution in [0.4, 0.5) is 0 Å². The van der Waals surface area contributed by atoms with E-state index in [0.29, 0.717) is 0 Å². The van der Waals surface area contributed by atoms with Gasteiger partial charge in [0, 0.05) is 0 Å². The van der Waals surface area contributed by atoms with Gasteiger partial charge in [-0.2, -0.15) is 4.89 Å². The molecule has 52 valence electrons. The Morgan fingerprint density at radius 2 is 2.11 bits per heavy atom. The Hall–Kier alpha value is -0.620. The lowest BCUT2D eigenvalue weighted by Crippen LogP contribution is -2.15. The zero-order valence-electron chi connectivity index (χ0n) is 4.17. The quantitative estimate of drug-likeness (QED) is 0.291. The molecule has 0 aliphatic rings. The Balaban J connectivity index is 3.39. The van der Waals surface area contributed by atoms with Crippen LogP contribution in [0.25, 0.3) is 0 Å². The van der Waals surface area contributed by atoms with Crippen LogP contribution in [-0.4, -0.2) is 22.6 Å². The Bertz CT molecular complexity index is 121. The maximum Gasteiger partial charge on any atom is 0.449 e. The maximum atomic E-state index is 9.93. The Kier molecular flexibility index (Phi) is 3.98. The monoisotopic (exact) mass is 198 g/mol. The topological polar surface area (TPSA) is 72.8 Å². The van der Waals surface area contributed by atoms with E-state index in [1.165, 1.54) is 0 Å². The first-order chi connectivity index (χ1) is 4.18. The highest BCUT2D eigenvalue weighted by Gasteiger charge is 2.13. The molecule has 0 amide bonds. The van der Waals surface area contributed by atoms with E-state index in [1.807, 2.05) is 0 Å². The Labute approximate surface area is 58.6 Å². The van der Waals surface area contributed by atoms with E-state index in [-0.39, 0.29) is 5.52 Å². The Morgan fingerprint density at radius 1 is 1.56 bits per heavy atom. The van der Waals surface area contributed by atoms with Crippen molar-refractivity contribution in [2.45, 2.75) is 0 Å². The molecule has 0 aromatic carbocycles. The van der Waals surface area contributed by atoms with Gasteiger partial charge >= 0.3 is 11.9 Å². The lowest BCUT2D eigenvalue weighted by atomic mass is 10.7. The average Bonchev–Trinajstić information content (AvgIpc) is 1.82. The molecule has 0 rings (SSSR count). The molecule has 1 N–H and O–H groups in total. The molecule has 0 fully saturated rings. The fourth-order valence-corrected chi connectivity index (χ4v) is 0.205. The lowest BCUT2D eigenvalue weighted by molar-refractivity contribution is -0.258.